The zero-order valence-electron chi connectivity index (χ0n) is 14.6. The Labute approximate surface area is 162 Å². The van der Waals surface area contributed by atoms with Gasteiger partial charge in [0.25, 0.3) is 0 Å². The quantitative estimate of drug-likeness (QED) is 0.389. The van der Waals surface area contributed by atoms with Crippen molar-refractivity contribution in [2.45, 2.75) is 6.36 Å². The molecule has 3 aromatic carbocycles. The van der Waals surface area contributed by atoms with E-state index in [1.165, 1.54) is 48.5 Å². The highest BCUT2D eigenvalue weighted by Gasteiger charge is 2.30. The molecule has 29 heavy (non-hydrogen) atoms. The maximum atomic E-state index is 14.2. The van der Waals surface area contributed by atoms with E-state index in [-0.39, 0.29) is 28.4 Å². The van der Waals surface area contributed by atoms with Crippen LogP contribution in [0.25, 0.3) is 11.1 Å². The van der Waals surface area contributed by atoms with Crippen molar-refractivity contribution in [3.05, 3.63) is 72.0 Å². The second-order valence-electron chi connectivity index (χ2n) is 6.00. The van der Waals surface area contributed by atoms with Crippen molar-refractivity contribution < 1.29 is 32.2 Å². The number of rotatable bonds is 5. The number of hydrogen-bond acceptors (Lipinski definition) is 4. The molecule has 3 rings (SSSR count). The minimum atomic E-state index is -4.79. The number of nitrogen functional groups attached to an aromatic ring is 1. The predicted molar refractivity (Wildman–Crippen MR) is 99.6 cm³/mol. The molecule has 0 bridgehead atoms. The fourth-order valence-corrected chi connectivity index (χ4v) is 2.59. The summed E-state index contributed by atoms with van der Waals surface area (Å²) in [5.74, 6) is -2.16. The molecule has 0 radical (unpaired) electrons. The van der Waals surface area contributed by atoms with Gasteiger partial charge >= 0.3 is 12.3 Å². The third-order valence-corrected chi connectivity index (χ3v) is 3.96. The van der Waals surface area contributed by atoms with Gasteiger partial charge in [-0.2, -0.15) is 0 Å². The molecule has 4 N–H and O–H groups in total. The molecular formula is C20H14F4N2O3. The summed E-state index contributed by atoms with van der Waals surface area (Å²) in [7, 11) is 0. The Balaban J connectivity index is 1.89. The van der Waals surface area contributed by atoms with Crippen LogP contribution < -0.4 is 15.8 Å². The van der Waals surface area contributed by atoms with Crippen LogP contribution in [0.1, 0.15) is 10.4 Å². The first-order valence-corrected chi connectivity index (χ1v) is 8.18. The standard InChI is InChI=1S/C20H14F4N2O3/c21-15-7-3-12(11-1-5-14(6-2-11)29-20(22,23)24)9-17(15)26-18-10-13(19(27)28)4-8-16(18)25/h1-10,26H,25H2,(H,27,28). The minimum Gasteiger partial charge on any atom is -0.478 e. The fraction of sp³-hybridized carbons (Fsp3) is 0.0500. The van der Waals surface area contributed by atoms with Crippen molar-refractivity contribution in [1.82, 2.24) is 0 Å². The molecule has 150 valence electrons. The summed E-state index contributed by atoms with van der Waals surface area (Å²) in [5.41, 5.74) is 7.27. The molecule has 0 heterocycles. The number of anilines is 3. The highest BCUT2D eigenvalue weighted by Crippen LogP contribution is 2.31. The van der Waals surface area contributed by atoms with Gasteiger partial charge in [-0.15, -0.1) is 13.2 Å². The number of hydrogen-bond donors (Lipinski definition) is 3. The van der Waals surface area contributed by atoms with E-state index in [2.05, 4.69) is 10.1 Å². The van der Waals surface area contributed by atoms with E-state index in [1.54, 1.807) is 0 Å². The van der Waals surface area contributed by atoms with Crippen LogP contribution in [-0.2, 0) is 0 Å². The molecule has 0 aliphatic heterocycles. The van der Waals surface area contributed by atoms with E-state index >= 15 is 0 Å². The van der Waals surface area contributed by atoms with E-state index in [0.717, 1.165) is 12.1 Å². The number of halogens is 4. The summed E-state index contributed by atoms with van der Waals surface area (Å²) >= 11 is 0. The summed E-state index contributed by atoms with van der Waals surface area (Å²) in [6, 6.07) is 13.1. The second-order valence-corrected chi connectivity index (χ2v) is 6.00. The van der Waals surface area contributed by atoms with Gasteiger partial charge in [0.2, 0.25) is 0 Å². The van der Waals surface area contributed by atoms with Gasteiger partial charge in [0.15, 0.2) is 0 Å². The van der Waals surface area contributed by atoms with Crippen LogP contribution in [0.4, 0.5) is 34.6 Å². The molecule has 0 aliphatic carbocycles. The number of aromatic carboxylic acids is 1. The zero-order chi connectivity index (χ0) is 21.2. The maximum absolute atomic E-state index is 14.2. The topological polar surface area (TPSA) is 84.6 Å². The van der Waals surface area contributed by atoms with Crippen molar-refractivity contribution in [2.75, 3.05) is 11.1 Å². The Kier molecular flexibility index (Phi) is 5.31. The Bertz CT molecular complexity index is 1050. The van der Waals surface area contributed by atoms with Gasteiger partial charge in [-0.1, -0.05) is 18.2 Å². The summed E-state index contributed by atoms with van der Waals surface area (Å²) in [4.78, 5) is 11.1. The average molecular weight is 406 g/mol. The highest BCUT2D eigenvalue weighted by atomic mass is 19.4. The van der Waals surface area contributed by atoms with Gasteiger partial charge in [-0.05, 0) is 53.6 Å². The molecule has 0 unspecified atom stereocenters. The SMILES string of the molecule is Nc1ccc(C(=O)O)cc1Nc1cc(-c2ccc(OC(F)(F)F)cc2)ccc1F. The number of carboxylic acid groups (broad SMARTS) is 1. The van der Waals surface area contributed by atoms with Crippen LogP contribution >= 0.6 is 0 Å². The predicted octanol–water partition coefficient (Wildman–Crippen LogP) is 5.42. The number of nitrogens with two attached hydrogens (primary N) is 1. The minimum absolute atomic E-state index is 0.0207. The fourth-order valence-electron chi connectivity index (χ4n) is 2.59. The highest BCUT2D eigenvalue weighted by molar-refractivity contribution is 5.91. The van der Waals surface area contributed by atoms with Gasteiger partial charge in [0, 0.05) is 0 Å². The molecule has 0 spiro atoms. The van der Waals surface area contributed by atoms with Crippen molar-refractivity contribution >= 4 is 23.0 Å². The molecular weight excluding hydrogens is 392 g/mol. The van der Waals surface area contributed by atoms with Crippen molar-refractivity contribution in [3.8, 4) is 16.9 Å². The molecule has 5 nitrogen and oxygen atoms in total. The van der Waals surface area contributed by atoms with E-state index < -0.39 is 18.1 Å². The lowest BCUT2D eigenvalue weighted by molar-refractivity contribution is -0.274. The first-order chi connectivity index (χ1) is 13.6. The van der Waals surface area contributed by atoms with Crippen LogP contribution in [0.15, 0.2) is 60.7 Å². The molecule has 0 aromatic heterocycles. The third kappa shape index (κ3) is 4.95. The number of ether oxygens (including phenoxy) is 1. The number of nitrogens with one attached hydrogen (secondary N) is 1. The Hall–Kier alpha value is -3.75. The number of carboxylic acids is 1. The normalized spacial score (nSPS) is 11.2. The van der Waals surface area contributed by atoms with Crippen LogP contribution in [0.3, 0.4) is 0 Å². The summed E-state index contributed by atoms with van der Waals surface area (Å²) in [6.07, 6.45) is -4.79. The van der Waals surface area contributed by atoms with Gasteiger partial charge in [-0.25, -0.2) is 9.18 Å². The summed E-state index contributed by atoms with van der Waals surface area (Å²) in [5, 5.41) is 11.8. The lowest BCUT2D eigenvalue weighted by Crippen LogP contribution is -2.16. The average Bonchev–Trinajstić information content (AvgIpc) is 2.64. The van der Waals surface area contributed by atoms with E-state index in [1.807, 2.05) is 0 Å². The van der Waals surface area contributed by atoms with Gasteiger partial charge in [0.1, 0.15) is 11.6 Å². The first kappa shape index (κ1) is 20.0. The van der Waals surface area contributed by atoms with E-state index in [4.69, 9.17) is 10.8 Å². The number of benzene rings is 3. The second kappa shape index (κ2) is 7.70. The Morgan fingerprint density at radius 2 is 1.59 bits per heavy atom. The molecule has 0 atom stereocenters. The monoisotopic (exact) mass is 406 g/mol. The van der Waals surface area contributed by atoms with E-state index in [9.17, 15) is 22.4 Å². The van der Waals surface area contributed by atoms with Gasteiger partial charge < -0.3 is 20.9 Å². The Morgan fingerprint density at radius 1 is 0.931 bits per heavy atom. The van der Waals surface area contributed by atoms with Crippen LogP contribution in [0.2, 0.25) is 0 Å². The van der Waals surface area contributed by atoms with Crippen LogP contribution in [0, 0.1) is 5.82 Å². The molecule has 0 saturated carbocycles. The smallest absolute Gasteiger partial charge is 0.478 e. The van der Waals surface area contributed by atoms with Crippen molar-refractivity contribution in [3.63, 3.8) is 0 Å². The number of alkyl halides is 3. The maximum Gasteiger partial charge on any atom is 0.573 e. The van der Waals surface area contributed by atoms with Crippen molar-refractivity contribution in [2.24, 2.45) is 0 Å². The molecule has 0 fully saturated rings. The molecule has 0 aliphatic rings. The van der Waals surface area contributed by atoms with Crippen LogP contribution in [0.5, 0.6) is 5.75 Å². The summed E-state index contributed by atoms with van der Waals surface area (Å²) in [6.45, 7) is 0. The van der Waals surface area contributed by atoms with Gasteiger partial charge in [-0.3, -0.25) is 0 Å². The first-order valence-electron chi connectivity index (χ1n) is 8.18. The molecule has 0 amide bonds. The largest absolute Gasteiger partial charge is 0.573 e. The van der Waals surface area contributed by atoms with Crippen molar-refractivity contribution in [1.29, 1.82) is 0 Å². The van der Waals surface area contributed by atoms with Gasteiger partial charge in [0.05, 0.1) is 22.6 Å². The van der Waals surface area contributed by atoms with E-state index in [0.29, 0.717) is 11.1 Å². The third-order valence-electron chi connectivity index (χ3n) is 3.96. The summed E-state index contributed by atoms with van der Waals surface area (Å²) < 4.78 is 54.9. The lowest BCUT2D eigenvalue weighted by Gasteiger charge is -2.13. The van der Waals surface area contributed by atoms with Crippen LogP contribution in [-0.4, -0.2) is 17.4 Å². The molecule has 0 saturated heterocycles. The lowest BCUT2D eigenvalue weighted by atomic mass is 10.0. The molecule has 9 heteroatoms. The molecule has 3 aromatic rings. The number of carbonyl (C=O) groups is 1. The zero-order valence-corrected chi connectivity index (χ0v) is 14.6. The Morgan fingerprint density at radius 3 is 2.21 bits per heavy atom.